The number of halogens is 5. The summed E-state index contributed by atoms with van der Waals surface area (Å²) in [6.45, 7) is 0. The van der Waals surface area contributed by atoms with Crippen LogP contribution in [0.2, 0.25) is 0 Å². The summed E-state index contributed by atoms with van der Waals surface area (Å²) in [5.74, 6) is 0. The monoisotopic (exact) mass is 1390 g/mol. The Hall–Kier alpha value is -6.62. The van der Waals surface area contributed by atoms with Crippen molar-refractivity contribution >= 4 is 129 Å². The van der Waals surface area contributed by atoms with Gasteiger partial charge in [0.1, 0.15) is 63.7 Å². The van der Waals surface area contributed by atoms with Gasteiger partial charge in [-0.05, 0) is 146 Å². The summed E-state index contributed by atoms with van der Waals surface area (Å²) in [5.41, 5.74) is -5.65. The molecule has 0 heterocycles. The summed E-state index contributed by atoms with van der Waals surface area (Å²) in [6, 6.07) is 130. The molecule has 0 atom stereocenters. The molecule has 14 heteroatoms. The van der Waals surface area contributed by atoms with Crippen molar-refractivity contribution in [3.05, 3.63) is 364 Å². The van der Waals surface area contributed by atoms with Gasteiger partial charge in [-0.2, -0.15) is 13.2 Å². The third-order valence-electron chi connectivity index (χ3n) is 13.0. The van der Waals surface area contributed by atoms with Crippen molar-refractivity contribution < 1.29 is 48.5 Å². The molecule has 0 aromatic heterocycles. The zero-order valence-corrected chi connectivity index (χ0v) is 55.5. The van der Waals surface area contributed by atoms with E-state index in [0.29, 0.717) is 0 Å². The minimum Gasteiger partial charge on any atom is -0.741 e. The topological polar surface area (TPSA) is 57.2 Å². The molecular weight excluding hydrogens is 1330 g/mol. The van der Waals surface area contributed by atoms with Crippen LogP contribution in [0, 0.1) is 0 Å². The second-order valence-electron chi connectivity index (χ2n) is 18.9. The fraction of sp³-hybridized carbons (Fsp3) is 0.0270. The van der Waals surface area contributed by atoms with Crippen molar-refractivity contribution in [2.24, 2.45) is 0 Å². The number of rotatable bonds is 12. The summed E-state index contributed by atoms with van der Waals surface area (Å²) in [5, 5.41) is 17.4. The van der Waals surface area contributed by atoms with Crippen LogP contribution >= 0.6 is 54.9 Å². The third-order valence-corrected chi connectivity index (χ3v) is 24.5. The first-order valence-corrected chi connectivity index (χ1v) is 36.2. The summed E-state index contributed by atoms with van der Waals surface area (Å²) in [4.78, 5) is 0. The first kappa shape index (κ1) is 70.5. The Morgan fingerprint density at radius 2 is 0.318 bits per heavy atom. The summed E-state index contributed by atoms with van der Waals surface area (Å²) in [6.07, 6.45) is 0. The van der Waals surface area contributed by atoms with Crippen LogP contribution in [-0.2, 0) is 32.5 Å². The molecule has 12 aromatic rings. The van der Waals surface area contributed by atoms with E-state index >= 15 is 0 Å². The smallest absolute Gasteiger partial charge is 0.741 e. The molecule has 0 saturated heterocycles. The number of hydrogen-bond acceptors (Lipinski definition) is 3. The summed E-state index contributed by atoms with van der Waals surface area (Å²) >= 11 is 9.53. The maximum atomic E-state index is 10.7. The first-order chi connectivity index (χ1) is 42.5. The van der Waals surface area contributed by atoms with Crippen LogP contribution in [0.25, 0.3) is 0 Å². The fourth-order valence-corrected chi connectivity index (χ4v) is 19.6. The molecular formula is C74H66AgCl2F3O3P4S+4. The second-order valence-corrected chi connectivity index (χ2v) is 31.0. The zero-order valence-electron chi connectivity index (χ0n) is 47.7. The van der Waals surface area contributed by atoms with Crippen LogP contribution in [0.4, 0.5) is 13.2 Å². The minimum atomic E-state index is -6.09. The van der Waals surface area contributed by atoms with Gasteiger partial charge in [-0.15, -0.1) is 23.2 Å². The molecule has 12 rings (SSSR count). The van der Waals surface area contributed by atoms with Crippen LogP contribution in [0.1, 0.15) is 0 Å². The molecule has 0 fully saturated rings. The zero-order chi connectivity index (χ0) is 61.4. The molecule has 88 heavy (non-hydrogen) atoms. The Bertz CT molecular complexity index is 3010. The van der Waals surface area contributed by atoms with Gasteiger partial charge in [0.25, 0.3) is 0 Å². The van der Waals surface area contributed by atoms with Gasteiger partial charge in [-0.1, -0.05) is 218 Å². The van der Waals surface area contributed by atoms with E-state index in [1.807, 2.05) is 0 Å². The second kappa shape index (κ2) is 38.7. The van der Waals surface area contributed by atoms with Gasteiger partial charge in [0, 0.05) is 0 Å². The molecule has 3 nitrogen and oxygen atoms in total. The van der Waals surface area contributed by atoms with Crippen LogP contribution in [0.5, 0.6) is 0 Å². The van der Waals surface area contributed by atoms with E-state index in [1.165, 1.54) is 63.7 Å². The van der Waals surface area contributed by atoms with E-state index in [0.717, 1.165) is 0 Å². The molecule has 0 aliphatic carbocycles. The molecule has 0 bridgehead atoms. The molecule has 0 amide bonds. The van der Waals surface area contributed by atoms with Crippen LogP contribution in [-0.4, -0.2) is 23.8 Å². The van der Waals surface area contributed by atoms with Crippen molar-refractivity contribution in [3.8, 4) is 0 Å². The first-order valence-electron chi connectivity index (χ1n) is 27.7. The number of benzene rings is 12. The largest absolute Gasteiger partial charge is 1.00 e. The van der Waals surface area contributed by atoms with Gasteiger partial charge in [0.05, 0.1) is 37.0 Å². The van der Waals surface area contributed by atoms with Gasteiger partial charge in [0.2, 0.25) is 0 Å². The predicted octanol–water partition coefficient (Wildman–Crippen LogP) is 14.2. The van der Waals surface area contributed by atoms with E-state index in [1.54, 1.807) is 0 Å². The van der Waals surface area contributed by atoms with E-state index in [2.05, 4.69) is 364 Å². The van der Waals surface area contributed by atoms with Gasteiger partial charge in [-0.3, -0.25) is 0 Å². The molecule has 12 aromatic carbocycles. The van der Waals surface area contributed by atoms with Crippen LogP contribution < -0.4 is 63.7 Å². The average Bonchev–Trinajstić information content (AvgIpc) is 3.52. The van der Waals surface area contributed by atoms with Crippen molar-refractivity contribution in [2.45, 2.75) is 5.51 Å². The van der Waals surface area contributed by atoms with Crippen molar-refractivity contribution in [1.29, 1.82) is 0 Å². The van der Waals surface area contributed by atoms with E-state index < -0.39 is 47.3 Å². The third kappa shape index (κ3) is 22.8. The summed E-state index contributed by atoms with van der Waals surface area (Å²) < 4.78 is 58.9. The molecule has 0 aliphatic heterocycles. The summed E-state index contributed by atoms with van der Waals surface area (Å²) in [7, 11) is -9.60. The average molecular weight is 1400 g/mol. The molecule has 0 spiro atoms. The molecule has 448 valence electrons. The van der Waals surface area contributed by atoms with Crippen LogP contribution in [0.15, 0.2) is 364 Å². The van der Waals surface area contributed by atoms with Gasteiger partial charge < -0.3 is 4.55 Å². The standard InChI is InChI=1S/4C18H15P.CH2Cl2.CHF3O3S.Ag/c4*1-4-10-16(11-5-1)19(17-12-6-2-7-13-17)18-14-8-3-9-15-18;2-1-3;2-1(3,4)8(5,6)7;/h4*1-15H;1H2;(H,5,6,7);/q;;;;;;+1/p+3. The minimum absolute atomic E-state index is 0. The maximum Gasteiger partial charge on any atom is 1.00 e. The molecule has 0 radical (unpaired) electrons. The van der Waals surface area contributed by atoms with Crippen molar-refractivity contribution in [3.63, 3.8) is 0 Å². The van der Waals surface area contributed by atoms with Crippen molar-refractivity contribution in [1.82, 2.24) is 0 Å². The molecule has 0 aliphatic rings. The Morgan fingerprint density at radius 3 is 0.375 bits per heavy atom. The SMILES string of the molecule is ClCCl.O=S(=O)([O-])C(F)(F)F.[Ag+].c1ccc([PH+](c2ccccc2)c2ccccc2)cc1.c1ccc([PH+](c2ccccc2)c2ccccc2)cc1.c1ccc([PH+](c2ccccc2)c2ccccc2)cc1.c1ccc([PH+](c2ccccc2)c2ccccc2)cc1. The van der Waals surface area contributed by atoms with E-state index in [9.17, 15) is 13.2 Å². The quantitative estimate of drug-likeness (QED) is 0.0403. The molecule has 0 unspecified atom stereocenters. The number of alkyl halides is 5. The van der Waals surface area contributed by atoms with Gasteiger partial charge in [0.15, 0.2) is 10.1 Å². The molecule has 0 N–H and O–H groups in total. The van der Waals surface area contributed by atoms with E-state index in [4.69, 9.17) is 36.2 Å². The Kier molecular flexibility index (Phi) is 31.0. The number of hydrogen-bond donors (Lipinski definition) is 0. The Morgan fingerprint density at radius 1 is 0.250 bits per heavy atom. The van der Waals surface area contributed by atoms with E-state index in [-0.39, 0.29) is 27.7 Å². The van der Waals surface area contributed by atoms with Crippen molar-refractivity contribution in [2.75, 3.05) is 5.34 Å². The maximum absolute atomic E-state index is 10.7. The molecule has 0 saturated carbocycles. The Balaban J connectivity index is 0.000000176. The fourth-order valence-electron chi connectivity index (χ4n) is 9.26. The normalized spacial score (nSPS) is 10.6. The van der Waals surface area contributed by atoms with Gasteiger partial charge >= 0.3 is 27.9 Å². The van der Waals surface area contributed by atoms with Gasteiger partial charge in [-0.25, -0.2) is 8.42 Å². The van der Waals surface area contributed by atoms with Crippen LogP contribution in [0.3, 0.4) is 0 Å². The Labute approximate surface area is 547 Å². The predicted molar refractivity (Wildman–Crippen MR) is 378 cm³/mol.